The Labute approximate surface area is 94.9 Å². The molecule has 0 aromatic heterocycles. The summed E-state index contributed by atoms with van der Waals surface area (Å²) in [7, 11) is 0. The number of fused-ring (bicyclic) bond motifs is 2. The van der Waals surface area contributed by atoms with Gasteiger partial charge in [0, 0.05) is 0 Å². The smallest absolute Gasteiger partial charge is 0.173 e. The highest BCUT2D eigenvalue weighted by molar-refractivity contribution is 6.01. The standard InChI is InChI=1S/C14H14O2/c1-9-6-7-11-13(8-9)16-12-5-3-2-4-10(12)14(11)15/h2-5,8,11,13H,6-7H2,1H3. The Balaban J connectivity index is 2.05. The molecule has 0 fully saturated rings. The maximum atomic E-state index is 12.2. The van der Waals surface area contributed by atoms with Crippen molar-refractivity contribution in [2.75, 3.05) is 0 Å². The van der Waals surface area contributed by atoms with Gasteiger partial charge in [-0.2, -0.15) is 0 Å². The van der Waals surface area contributed by atoms with E-state index in [0.29, 0.717) is 0 Å². The van der Waals surface area contributed by atoms with Gasteiger partial charge in [-0.25, -0.2) is 0 Å². The van der Waals surface area contributed by atoms with Gasteiger partial charge in [0.25, 0.3) is 0 Å². The fourth-order valence-corrected chi connectivity index (χ4v) is 2.54. The third-order valence-corrected chi connectivity index (χ3v) is 3.45. The lowest BCUT2D eigenvalue weighted by molar-refractivity contribution is 0.0717. The van der Waals surface area contributed by atoms with E-state index in [2.05, 4.69) is 13.0 Å². The molecule has 0 saturated carbocycles. The highest BCUT2D eigenvalue weighted by atomic mass is 16.5. The molecule has 16 heavy (non-hydrogen) atoms. The summed E-state index contributed by atoms with van der Waals surface area (Å²) in [6, 6.07) is 7.54. The number of allylic oxidation sites excluding steroid dienone is 1. The van der Waals surface area contributed by atoms with Crippen LogP contribution in [0.5, 0.6) is 5.75 Å². The van der Waals surface area contributed by atoms with E-state index in [1.165, 1.54) is 5.57 Å². The number of benzene rings is 1. The molecule has 2 nitrogen and oxygen atoms in total. The van der Waals surface area contributed by atoms with E-state index in [1.807, 2.05) is 24.3 Å². The maximum absolute atomic E-state index is 12.2. The van der Waals surface area contributed by atoms with Gasteiger partial charge >= 0.3 is 0 Å². The highest BCUT2D eigenvalue weighted by Crippen LogP contribution is 2.36. The van der Waals surface area contributed by atoms with Gasteiger partial charge in [0.1, 0.15) is 11.9 Å². The van der Waals surface area contributed by atoms with Gasteiger partial charge in [-0.15, -0.1) is 0 Å². The Kier molecular flexibility index (Phi) is 2.10. The Morgan fingerprint density at radius 1 is 1.31 bits per heavy atom. The minimum atomic E-state index is -0.0452. The Hall–Kier alpha value is -1.57. The number of Topliss-reactive ketones (excluding diaryl/α,β-unsaturated/α-hetero) is 1. The van der Waals surface area contributed by atoms with Crippen LogP contribution in [0.2, 0.25) is 0 Å². The number of ether oxygens (including phenoxy) is 1. The van der Waals surface area contributed by atoms with Crippen LogP contribution in [-0.4, -0.2) is 11.9 Å². The number of hydrogen-bond donors (Lipinski definition) is 0. The summed E-state index contributed by atoms with van der Waals surface area (Å²) in [6.07, 6.45) is 3.98. The second kappa shape index (κ2) is 3.48. The molecule has 2 atom stereocenters. The van der Waals surface area contributed by atoms with Crippen LogP contribution >= 0.6 is 0 Å². The topological polar surface area (TPSA) is 26.3 Å². The molecule has 2 unspecified atom stereocenters. The molecule has 1 heterocycles. The lowest BCUT2D eigenvalue weighted by atomic mass is 9.80. The van der Waals surface area contributed by atoms with Crippen LogP contribution in [-0.2, 0) is 0 Å². The molecule has 1 aliphatic carbocycles. The summed E-state index contributed by atoms with van der Waals surface area (Å²) in [4.78, 5) is 12.2. The summed E-state index contributed by atoms with van der Waals surface area (Å²) in [5.74, 6) is 1.01. The molecular weight excluding hydrogens is 200 g/mol. The molecular formula is C14H14O2. The number of carbonyl (C=O) groups excluding carboxylic acids is 1. The molecule has 2 heteroatoms. The van der Waals surface area contributed by atoms with Crippen molar-refractivity contribution in [3.05, 3.63) is 41.5 Å². The average Bonchev–Trinajstić information content (AvgIpc) is 2.29. The molecule has 0 amide bonds. The normalized spacial score (nSPS) is 27.6. The van der Waals surface area contributed by atoms with Crippen LogP contribution < -0.4 is 4.74 Å². The molecule has 1 aromatic carbocycles. The number of rotatable bonds is 0. The average molecular weight is 214 g/mol. The van der Waals surface area contributed by atoms with Gasteiger partial charge in [0.2, 0.25) is 0 Å². The fourth-order valence-electron chi connectivity index (χ4n) is 2.54. The Bertz CT molecular complexity index is 473. The highest BCUT2D eigenvalue weighted by Gasteiger charge is 2.37. The number of carbonyl (C=O) groups is 1. The van der Waals surface area contributed by atoms with Crippen molar-refractivity contribution in [3.8, 4) is 5.75 Å². The van der Waals surface area contributed by atoms with E-state index in [-0.39, 0.29) is 17.8 Å². The third-order valence-electron chi connectivity index (χ3n) is 3.45. The van der Waals surface area contributed by atoms with Crippen molar-refractivity contribution in [2.24, 2.45) is 5.92 Å². The first kappa shape index (κ1) is 9.64. The minimum Gasteiger partial charge on any atom is -0.485 e. The maximum Gasteiger partial charge on any atom is 0.173 e. The van der Waals surface area contributed by atoms with Gasteiger partial charge in [-0.1, -0.05) is 17.7 Å². The first-order valence-corrected chi connectivity index (χ1v) is 5.73. The first-order chi connectivity index (χ1) is 7.75. The number of ketones is 1. The van der Waals surface area contributed by atoms with Crippen LogP contribution in [0.15, 0.2) is 35.9 Å². The number of hydrogen-bond acceptors (Lipinski definition) is 2. The van der Waals surface area contributed by atoms with Gasteiger partial charge in [0.05, 0.1) is 11.5 Å². The largest absolute Gasteiger partial charge is 0.485 e. The molecule has 82 valence electrons. The van der Waals surface area contributed by atoms with E-state index in [0.717, 1.165) is 24.2 Å². The van der Waals surface area contributed by atoms with Crippen molar-refractivity contribution in [3.63, 3.8) is 0 Å². The van der Waals surface area contributed by atoms with Crippen LogP contribution in [0.25, 0.3) is 0 Å². The van der Waals surface area contributed by atoms with E-state index in [1.54, 1.807) is 0 Å². The van der Waals surface area contributed by atoms with Gasteiger partial charge < -0.3 is 4.74 Å². The van der Waals surface area contributed by atoms with Crippen LogP contribution in [0.3, 0.4) is 0 Å². The number of para-hydroxylation sites is 1. The quantitative estimate of drug-likeness (QED) is 0.620. The summed E-state index contributed by atoms with van der Waals surface area (Å²) >= 11 is 0. The molecule has 1 aromatic rings. The molecule has 2 aliphatic rings. The molecule has 3 rings (SSSR count). The Morgan fingerprint density at radius 2 is 2.12 bits per heavy atom. The van der Waals surface area contributed by atoms with Crippen molar-refractivity contribution < 1.29 is 9.53 Å². The summed E-state index contributed by atoms with van der Waals surface area (Å²) in [5, 5.41) is 0. The van der Waals surface area contributed by atoms with Crippen molar-refractivity contribution in [1.29, 1.82) is 0 Å². The fraction of sp³-hybridized carbons (Fsp3) is 0.357. The van der Waals surface area contributed by atoms with E-state index in [9.17, 15) is 4.79 Å². The van der Waals surface area contributed by atoms with E-state index < -0.39 is 0 Å². The van der Waals surface area contributed by atoms with Gasteiger partial charge in [0.15, 0.2) is 5.78 Å². The summed E-state index contributed by atoms with van der Waals surface area (Å²) < 4.78 is 5.88. The summed E-state index contributed by atoms with van der Waals surface area (Å²) in [6.45, 7) is 2.10. The molecule has 0 spiro atoms. The molecule has 1 aliphatic heterocycles. The lowest BCUT2D eigenvalue weighted by Crippen LogP contribution is -2.38. The molecule has 0 saturated heterocycles. The lowest BCUT2D eigenvalue weighted by Gasteiger charge is -2.33. The van der Waals surface area contributed by atoms with E-state index in [4.69, 9.17) is 4.74 Å². The second-order valence-electron chi connectivity index (χ2n) is 4.60. The monoisotopic (exact) mass is 214 g/mol. The molecule has 0 bridgehead atoms. The van der Waals surface area contributed by atoms with Gasteiger partial charge in [-0.3, -0.25) is 4.79 Å². The summed E-state index contributed by atoms with van der Waals surface area (Å²) in [5.41, 5.74) is 2.07. The predicted molar refractivity (Wildman–Crippen MR) is 61.7 cm³/mol. The van der Waals surface area contributed by atoms with Crippen LogP contribution in [0.4, 0.5) is 0 Å². The molecule has 0 radical (unpaired) electrons. The molecule has 0 N–H and O–H groups in total. The predicted octanol–water partition coefficient (Wildman–Crippen LogP) is 2.99. The van der Waals surface area contributed by atoms with E-state index >= 15 is 0 Å². The zero-order valence-corrected chi connectivity index (χ0v) is 9.27. The second-order valence-corrected chi connectivity index (χ2v) is 4.60. The van der Waals surface area contributed by atoms with Crippen LogP contribution in [0, 0.1) is 5.92 Å². The zero-order chi connectivity index (χ0) is 11.1. The SMILES string of the molecule is CC1=CC2Oc3ccccc3C(=O)C2CC1. The van der Waals surface area contributed by atoms with Crippen molar-refractivity contribution in [2.45, 2.75) is 25.9 Å². The third kappa shape index (κ3) is 1.37. The zero-order valence-electron chi connectivity index (χ0n) is 9.27. The Morgan fingerprint density at radius 3 is 3.00 bits per heavy atom. The minimum absolute atomic E-state index is 0.0265. The van der Waals surface area contributed by atoms with Crippen molar-refractivity contribution in [1.82, 2.24) is 0 Å². The first-order valence-electron chi connectivity index (χ1n) is 5.73. The van der Waals surface area contributed by atoms with Crippen molar-refractivity contribution >= 4 is 5.78 Å². The van der Waals surface area contributed by atoms with Gasteiger partial charge in [-0.05, 0) is 38.0 Å². The van der Waals surface area contributed by atoms with Crippen LogP contribution in [0.1, 0.15) is 30.1 Å².